The summed E-state index contributed by atoms with van der Waals surface area (Å²) in [4.78, 5) is 43.3. The number of nitrogen functional groups attached to an aromatic ring is 1. The predicted octanol–water partition coefficient (Wildman–Crippen LogP) is 4.55. The molecule has 1 aliphatic carbocycles. The largest absolute Gasteiger partial charge is 0.383 e. The number of para-hydroxylation sites is 1. The molecule has 2 heterocycles. The summed E-state index contributed by atoms with van der Waals surface area (Å²) in [6.07, 6.45) is 12.4. The van der Waals surface area contributed by atoms with E-state index >= 15 is 0 Å². The Morgan fingerprint density at radius 3 is 2.32 bits per heavy atom. The van der Waals surface area contributed by atoms with Crippen molar-refractivity contribution >= 4 is 23.5 Å². The summed E-state index contributed by atoms with van der Waals surface area (Å²) in [5, 5.41) is 13.0. The zero-order chi connectivity index (χ0) is 30.7. The average Bonchev–Trinajstić information content (AvgIpc) is 3.47. The minimum atomic E-state index is -0.637. The second kappa shape index (κ2) is 15.0. The summed E-state index contributed by atoms with van der Waals surface area (Å²) in [6.45, 7) is 0.596. The molecule has 2 aromatic carbocycles. The number of hydrogen-bond acceptors (Lipinski definition) is 6. The maximum Gasteiger partial charge on any atom is 0.256 e. The number of carbonyl (C=O) groups excluding carboxylic acids is 3. The van der Waals surface area contributed by atoms with Gasteiger partial charge < -0.3 is 21.7 Å². The lowest BCUT2D eigenvalue weighted by Gasteiger charge is -2.24. The van der Waals surface area contributed by atoms with E-state index in [9.17, 15) is 14.4 Å². The Kier molecular flexibility index (Phi) is 10.4. The van der Waals surface area contributed by atoms with Gasteiger partial charge in [0.25, 0.3) is 11.8 Å². The Balaban J connectivity index is 1.17. The van der Waals surface area contributed by atoms with Crippen molar-refractivity contribution in [3.05, 3.63) is 108 Å². The zero-order valence-electron chi connectivity index (χ0n) is 24.7. The van der Waals surface area contributed by atoms with Gasteiger partial charge in [0.05, 0.1) is 11.9 Å². The second-order valence-corrected chi connectivity index (χ2v) is 11.3. The molecule has 228 valence electrons. The molecule has 2 aromatic heterocycles. The third-order valence-corrected chi connectivity index (χ3v) is 8.12. The minimum Gasteiger partial charge on any atom is -0.383 e. The number of nitrogens with two attached hydrogens (primary N) is 1. The van der Waals surface area contributed by atoms with E-state index in [1.165, 1.54) is 43.0 Å². The van der Waals surface area contributed by atoms with Crippen LogP contribution in [0, 0.1) is 5.92 Å². The van der Waals surface area contributed by atoms with Crippen LogP contribution in [-0.4, -0.2) is 38.5 Å². The van der Waals surface area contributed by atoms with Crippen LogP contribution in [0.25, 0.3) is 5.69 Å². The van der Waals surface area contributed by atoms with E-state index in [0.717, 1.165) is 23.2 Å². The van der Waals surface area contributed by atoms with Crippen LogP contribution in [0.15, 0.2) is 85.3 Å². The van der Waals surface area contributed by atoms with E-state index in [0.29, 0.717) is 24.4 Å². The first-order valence-electron chi connectivity index (χ1n) is 15.2. The summed E-state index contributed by atoms with van der Waals surface area (Å²) in [5.74, 6) is -0.0151. The fraction of sp³-hybridized carbons (Fsp3) is 0.324. The minimum absolute atomic E-state index is 0.202. The number of nitrogens with one attached hydrogen (secondary N) is 3. The Labute approximate surface area is 257 Å². The number of nitrogens with zero attached hydrogens (tertiary/aromatic N) is 3. The molecule has 0 aliphatic heterocycles. The molecule has 10 nitrogen and oxygen atoms in total. The normalized spacial score (nSPS) is 14.0. The van der Waals surface area contributed by atoms with E-state index in [1.807, 2.05) is 42.5 Å². The fourth-order valence-corrected chi connectivity index (χ4v) is 5.56. The molecule has 5 N–H and O–H groups in total. The monoisotopic (exact) mass is 593 g/mol. The van der Waals surface area contributed by atoms with Crippen molar-refractivity contribution in [2.75, 3.05) is 5.73 Å². The van der Waals surface area contributed by atoms with E-state index < -0.39 is 6.04 Å². The summed E-state index contributed by atoms with van der Waals surface area (Å²) >= 11 is 0. The fourth-order valence-electron chi connectivity index (χ4n) is 5.56. The molecule has 1 aliphatic rings. The van der Waals surface area contributed by atoms with Gasteiger partial charge in [-0.05, 0) is 60.2 Å². The topological polar surface area (TPSA) is 144 Å². The molecule has 1 fully saturated rings. The standard InChI is InChI=1S/C34H39N7O3/c35-31-29(23-39-41(31)28-11-5-2-6-12-28)33(43)37-21-25-13-16-27(17-14-25)32(42)40-30(18-15-24-8-3-1-4-9-24)34(44)38-22-26-10-7-19-36-20-26/h2,5-7,10-14,16-17,19-20,23-24,30H,1,3-4,8-9,15,18,21-22,35H2,(H,37,43)(H,38,44)(H,40,42)/t30-/m0/s1. The second-order valence-electron chi connectivity index (χ2n) is 11.3. The van der Waals surface area contributed by atoms with Crippen molar-refractivity contribution in [3.63, 3.8) is 0 Å². The molecule has 4 aromatic rings. The Bertz CT molecular complexity index is 1530. The van der Waals surface area contributed by atoms with Gasteiger partial charge in [0.2, 0.25) is 5.91 Å². The summed E-state index contributed by atoms with van der Waals surface area (Å²) in [6, 6.07) is 19.4. The highest BCUT2D eigenvalue weighted by Gasteiger charge is 2.24. The van der Waals surface area contributed by atoms with Gasteiger partial charge in [0, 0.05) is 31.0 Å². The van der Waals surface area contributed by atoms with Crippen molar-refractivity contribution in [1.82, 2.24) is 30.7 Å². The lowest BCUT2D eigenvalue weighted by atomic mass is 9.85. The zero-order valence-corrected chi connectivity index (χ0v) is 24.7. The number of hydrogen-bond donors (Lipinski definition) is 4. The van der Waals surface area contributed by atoms with Crippen LogP contribution in [0.5, 0.6) is 0 Å². The molecule has 0 radical (unpaired) electrons. The van der Waals surface area contributed by atoms with Gasteiger partial charge in [-0.15, -0.1) is 0 Å². The smallest absolute Gasteiger partial charge is 0.256 e. The molecule has 10 heteroatoms. The summed E-state index contributed by atoms with van der Waals surface area (Å²) in [5.41, 5.74) is 9.39. The lowest BCUT2D eigenvalue weighted by Crippen LogP contribution is -2.46. The van der Waals surface area contributed by atoms with Crippen LogP contribution in [-0.2, 0) is 17.9 Å². The third-order valence-electron chi connectivity index (χ3n) is 8.12. The van der Waals surface area contributed by atoms with Gasteiger partial charge in [-0.25, -0.2) is 4.68 Å². The summed E-state index contributed by atoms with van der Waals surface area (Å²) in [7, 11) is 0. The van der Waals surface area contributed by atoms with Crippen LogP contribution in [0.3, 0.4) is 0 Å². The average molecular weight is 594 g/mol. The van der Waals surface area contributed by atoms with Crippen molar-refractivity contribution < 1.29 is 14.4 Å². The number of anilines is 1. The van der Waals surface area contributed by atoms with Crippen molar-refractivity contribution in [1.29, 1.82) is 0 Å². The maximum atomic E-state index is 13.2. The maximum absolute atomic E-state index is 13.2. The SMILES string of the molecule is Nc1c(C(=O)NCc2ccc(C(=O)N[C@@H](CCC3CCCCC3)C(=O)NCc3cccnc3)cc2)cnn1-c1ccccc1. The van der Waals surface area contributed by atoms with E-state index in [2.05, 4.69) is 26.0 Å². The van der Waals surface area contributed by atoms with Gasteiger partial charge >= 0.3 is 0 Å². The molecule has 1 atom stereocenters. The molecule has 3 amide bonds. The Hall–Kier alpha value is -4.99. The van der Waals surface area contributed by atoms with Crippen LogP contribution in [0.4, 0.5) is 5.82 Å². The predicted molar refractivity (Wildman–Crippen MR) is 169 cm³/mol. The molecular weight excluding hydrogens is 554 g/mol. The van der Waals surface area contributed by atoms with Gasteiger partial charge in [0.15, 0.2) is 0 Å². The Morgan fingerprint density at radius 2 is 1.59 bits per heavy atom. The van der Waals surface area contributed by atoms with Crippen molar-refractivity contribution in [3.8, 4) is 5.69 Å². The number of aromatic nitrogens is 3. The molecule has 0 spiro atoms. The highest BCUT2D eigenvalue weighted by Crippen LogP contribution is 2.28. The molecule has 44 heavy (non-hydrogen) atoms. The van der Waals surface area contributed by atoms with Gasteiger partial charge in [-0.3, -0.25) is 19.4 Å². The van der Waals surface area contributed by atoms with E-state index in [4.69, 9.17) is 5.73 Å². The van der Waals surface area contributed by atoms with Crippen LogP contribution in [0.2, 0.25) is 0 Å². The molecule has 0 saturated heterocycles. The third kappa shape index (κ3) is 8.09. The number of amides is 3. The van der Waals surface area contributed by atoms with E-state index in [-0.39, 0.29) is 35.6 Å². The van der Waals surface area contributed by atoms with Crippen LogP contribution < -0.4 is 21.7 Å². The molecular formula is C34H39N7O3. The number of pyridine rings is 1. The molecule has 0 bridgehead atoms. The van der Waals surface area contributed by atoms with Crippen LogP contribution in [0.1, 0.15) is 76.8 Å². The summed E-state index contributed by atoms with van der Waals surface area (Å²) < 4.78 is 1.52. The van der Waals surface area contributed by atoms with Gasteiger partial charge in [-0.1, -0.05) is 68.5 Å². The highest BCUT2D eigenvalue weighted by molar-refractivity contribution is 5.99. The van der Waals surface area contributed by atoms with E-state index in [1.54, 1.807) is 36.7 Å². The first-order valence-corrected chi connectivity index (χ1v) is 15.2. The molecule has 0 unspecified atom stereocenters. The van der Waals surface area contributed by atoms with Crippen molar-refractivity contribution in [2.45, 2.75) is 64.1 Å². The van der Waals surface area contributed by atoms with Crippen molar-refractivity contribution in [2.24, 2.45) is 5.92 Å². The highest BCUT2D eigenvalue weighted by atomic mass is 16.2. The lowest BCUT2D eigenvalue weighted by molar-refractivity contribution is -0.123. The molecule has 5 rings (SSSR count). The quantitative estimate of drug-likeness (QED) is 0.190. The molecule has 1 saturated carbocycles. The first kappa shape index (κ1) is 30.5. The van der Waals surface area contributed by atoms with Gasteiger partial charge in [0.1, 0.15) is 17.4 Å². The number of rotatable bonds is 12. The first-order chi connectivity index (χ1) is 21.5. The number of benzene rings is 2. The number of carbonyl (C=O) groups is 3. The Morgan fingerprint density at radius 1 is 0.841 bits per heavy atom. The van der Waals surface area contributed by atoms with Gasteiger partial charge in [-0.2, -0.15) is 5.10 Å². The van der Waals surface area contributed by atoms with Crippen LogP contribution >= 0.6 is 0 Å².